The van der Waals surface area contributed by atoms with Gasteiger partial charge in [0.25, 0.3) is 0 Å². The standard InChI is InChI=1S/C17H17BrN2O3/c1-2-3-11-23-16-14(18)5-4-6-15(16)20-19-13-9-7-12(8-10-13)17(21)22/h4-10H,2-3,11H2,1H3,(H,21,22). The smallest absolute Gasteiger partial charge is 0.335 e. The van der Waals surface area contributed by atoms with E-state index in [1.807, 2.05) is 18.2 Å². The largest absolute Gasteiger partial charge is 0.490 e. The molecular weight excluding hydrogens is 360 g/mol. The lowest BCUT2D eigenvalue weighted by Crippen LogP contribution is -1.97. The molecule has 0 heterocycles. The number of halogens is 1. The van der Waals surface area contributed by atoms with Crippen molar-refractivity contribution >= 4 is 33.3 Å². The average Bonchev–Trinajstić information content (AvgIpc) is 2.55. The number of nitrogens with zero attached hydrogens (tertiary/aromatic N) is 2. The van der Waals surface area contributed by atoms with Gasteiger partial charge >= 0.3 is 5.97 Å². The van der Waals surface area contributed by atoms with Gasteiger partial charge in [0.05, 0.1) is 22.3 Å². The normalized spacial score (nSPS) is 10.9. The zero-order valence-corrected chi connectivity index (χ0v) is 14.3. The third-order valence-corrected chi connectivity index (χ3v) is 3.70. The molecule has 0 spiro atoms. The molecule has 2 aromatic rings. The van der Waals surface area contributed by atoms with E-state index in [4.69, 9.17) is 9.84 Å². The highest BCUT2D eigenvalue weighted by Crippen LogP contribution is 2.36. The van der Waals surface area contributed by atoms with Crippen LogP contribution in [0.3, 0.4) is 0 Å². The molecule has 0 aliphatic rings. The first kappa shape index (κ1) is 17.1. The van der Waals surface area contributed by atoms with Crippen molar-refractivity contribution in [3.8, 4) is 5.75 Å². The summed E-state index contributed by atoms with van der Waals surface area (Å²) < 4.78 is 6.59. The van der Waals surface area contributed by atoms with E-state index >= 15 is 0 Å². The molecule has 0 saturated carbocycles. The van der Waals surface area contributed by atoms with Gasteiger partial charge in [-0.25, -0.2) is 4.79 Å². The van der Waals surface area contributed by atoms with Gasteiger partial charge in [-0.3, -0.25) is 0 Å². The molecule has 0 atom stereocenters. The summed E-state index contributed by atoms with van der Waals surface area (Å²) in [5.74, 6) is -0.307. The number of azo groups is 1. The van der Waals surface area contributed by atoms with Gasteiger partial charge in [0.1, 0.15) is 5.69 Å². The maximum absolute atomic E-state index is 10.8. The first-order valence-corrected chi connectivity index (χ1v) is 8.07. The first-order chi connectivity index (χ1) is 11.1. The van der Waals surface area contributed by atoms with E-state index in [0.717, 1.165) is 17.3 Å². The molecule has 2 rings (SSSR count). The highest BCUT2D eigenvalue weighted by Gasteiger charge is 2.08. The fraction of sp³-hybridized carbons (Fsp3) is 0.235. The molecule has 0 saturated heterocycles. The van der Waals surface area contributed by atoms with Crippen LogP contribution in [0.1, 0.15) is 30.1 Å². The molecule has 120 valence electrons. The van der Waals surface area contributed by atoms with Gasteiger partial charge in [-0.1, -0.05) is 19.4 Å². The quantitative estimate of drug-likeness (QED) is 0.494. The molecular formula is C17H17BrN2O3. The number of carboxylic acids is 1. The van der Waals surface area contributed by atoms with Crippen LogP contribution in [0, 0.1) is 0 Å². The summed E-state index contributed by atoms with van der Waals surface area (Å²) >= 11 is 3.46. The van der Waals surface area contributed by atoms with Gasteiger partial charge in [-0.2, -0.15) is 5.11 Å². The predicted molar refractivity (Wildman–Crippen MR) is 92.1 cm³/mol. The highest BCUT2D eigenvalue weighted by atomic mass is 79.9. The van der Waals surface area contributed by atoms with Crippen LogP contribution in [0.4, 0.5) is 11.4 Å². The number of ether oxygens (including phenoxy) is 1. The van der Waals surface area contributed by atoms with Crippen molar-refractivity contribution in [3.05, 3.63) is 52.5 Å². The van der Waals surface area contributed by atoms with E-state index in [0.29, 0.717) is 23.7 Å². The predicted octanol–water partition coefficient (Wildman–Crippen LogP) is 5.74. The average molecular weight is 377 g/mol. The molecule has 1 N–H and O–H groups in total. The Hall–Kier alpha value is -2.21. The lowest BCUT2D eigenvalue weighted by atomic mass is 10.2. The van der Waals surface area contributed by atoms with Crippen molar-refractivity contribution in [1.82, 2.24) is 0 Å². The Balaban J connectivity index is 2.18. The number of hydrogen-bond donors (Lipinski definition) is 1. The summed E-state index contributed by atoms with van der Waals surface area (Å²) in [6, 6.07) is 11.8. The maximum atomic E-state index is 10.8. The second-order valence-corrected chi connectivity index (χ2v) is 5.70. The fourth-order valence-corrected chi connectivity index (χ4v) is 2.29. The zero-order chi connectivity index (χ0) is 16.7. The van der Waals surface area contributed by atoms with Gasteiger partial charge in [0, 0.05) is 0 Å². The van der Waals surface area contributed by atoms with Crippen molar-refractivity contribution in [2.24, 2.45) is 10.2 Å². The van der Waals surface area contributed by atoms with Crippen molar-refractivity contribution in [1.29, 1.82) is 0 Å². The van der Waals surface area contributed by atoms with Crippen LogP contribution in [0.15, 0.2) is 57.2 Å². The second kappa shape index (κ2) is 8.43. The van der Waals surface area contributed by atoms with E-state index in [1.54, 1.807) is 12.1 Å². The molecule has 0 radical (unpaired) electrons. The maximum Gasteiger partial charge on any atom is 0.335 e. The highest BCUT2D eigenvalue weighted by molar-refractivity contribution is 9.10. The molecule has 0 bridgehead atoms. The summed E-state index contributed by atoms with van der Waals surface area (Å²) in [5, 5.41) is 17.2. The zero-order valence-electron chi connectivity index (χ0n) is 12.7. The second-order valence-electron chi connectivity index (χ2n) is 4.84. The Labute approximate surface area is 143 Å². The molecule has 5 nitrogen and oxygen atoms in total. The summed E-state index contributed by atoms with van der Waals surface area (Å²) in [5.41, 5.74) is 1.42. The molecule has 0 aliphatic heterocycles. The lowest BCUT2D eigenvalue weighted by molar-refractivity contribution is 0.0697. The van der Waals surface area contributed by atoms with Crippen LogP contribution in [-0.4, -0.2) is 17.7 Å². The third kappa shape index (κ3) is 4.89. The van der Waals surface area contributed by atoms with Gasteiger partial charge in [-0.05, 0) is 58.7 Å². The number of carbonyl (C=O) groups is 1. The SMILES string of the molecule is CCCCOc1c(Br)cccc1N=Nc1ccc(C(=O)O)cc1. The number of benzene rings is 2. The van der Waals surface area contributed by atoms with Gasteiger partial charge in [0.15, 0.2) is 5.75 Å². The number of rotatable bonds is 7. The minimum Gasteiger partial charge on any atom is -0.490 e. The van der Waals surface area contributed by atoms with Crippen LogP contribution in [-0.2, 0) is 0 Å². The first-order valence-electron chi connectivity index (χ1n) is 7.28. The number of unbranched alkanes of at least 4 members (excludes halogenated alkanes) is 1. The van der Waals surface area contributed by atoms with Crippen LogP contribution in [0.5, 0.6) is 5.75 Å². The summed E-state index contributed by atoms with van der Waals surface area (Å²) in [6.45, 7) is 2.72. The lowest BCUT2D eigenvalue weighted by Gasteiger charge is -2.09. The number of para-hydroxylation sites is 1. The Bertz CT molecular complexity index is 699. The fourth-order valence-electron chi connectivity index (χ4n) is 1.82. The van der Waals surface area contributed by atoms with E-state index in [9.17, 15) is 4.79 Å². The number of carboxylic acid groups (broad SMARTS) is 1. The third-order valence-electron chi connectivity index (χ3n) is 3.08. The van der Waals surface area contributed by atoms with Crippen molar-refractivity contribution in [2.75, 3.05) is 6.61 Å². The Morgan fingerprint density at radius 2 is 1.91 bits per heavy atom. The monoisotopic (exact) mass is 376 g/mol. The van der Waals surface area contributed by atoms with E-state index in [2.05, 4.69) is 33.1 Å². The van der Waals surface area contributed by atoms with Crippen LogP contribution in [0.2, 0.25) is 0 Å². The number of aromatic carboxylic acids is 1. The summed E-state index contributed by atoms with van der Waals surface area (Å²) in [6.07, 6.45) is 2.02. The Kier molecular flexibility index (Phi) is 6.29. The van der Waals surface area contributed by atoms with E-state index in [-0.39, 0.29) is 5.56 Å². The number of hydrogen-bond acceptors (Lipinski definition) is 4. The van der Waals surface area contributed by atoms with Crippen molar-refractivity contribution in [2.45, 2.75) is 19.8 Å². The Morgan fingerprint density at radius 3 is 2.57 bits per heavy atom. The molecule has 0 fully saturated rings. The minimum atomic E-state index is -0.966. The van der Waals surface area contributed by atoms with Crippen LogP contribution < -0.4 is 4.74 Å². The van der Waals surface area contributed by atoms with E-state index < -0.39 is 5.97 Å². The molecule has 6 heteroatoms. The van der Waals surface area contributed by atoms with Crippen molar-refractivity contribution < 1.29 is 14.6 Å². The molecule has 0 aromatic heterocycles. The molecule has 0 unspecified atom stereocenters. The van der Waals surface area contributed by atoms with Crippen LogP contribution >= 0.6 is 15.9 Å². The van der Waals surface area contributed by atoms with E-state index in [1.165, 1.54) is 12.1 Å². The molecule has 23 heavy (non-hydrogen) atoms. The van der Waals surface area contributed by atoms with Gasteiger partial charge < -0.3 is 9.84 Å². The topological polar surface area (TPSA) is 71.2 Å². The van der Waals surface area contributed by atoms with Gasteiger partial charge in [0.2, 0.25) is 0 Å². The van der Waals surface area contributed by atoms with Gasteiger partial charge in [-0.15, -0.1) is 5.11 Å². The Morgan fingerprint density at radius 1 is 1.17 bits per heavy atom. The molecule has 2 aromatic carbocycles. The molecule has 0 aliphatic carbocycles. The summed E-state index contributed by atoms with van der Waals surface area (Å²) in [7, 11) is 0. The summed E-state index contributed by atoms with van der Waals surface area (Å²) in [4.78, 5) is 10.8. The molecule has 0 amide bonds. The van der Waals surface area contributed by atoms with Crippen molar-refractivity contribution in [3.63, 3.8) is 0 Å². The van der Waals surface area contributed by atoms with Crippen LogP contribution in [0.25, 0.3) is 0 Å². The minimum absolute atomic E-state index is 0.218.